The molecular formula is C17H16N4O5S. The summed E-state index contributed by atoms with van der Waals surface area (Å²) < 4.78 is 28.6. The number of benzene rings is 2. The average Bonchev–Trinajstić information content (AvgIpc) is 3.05. The SMILES string of the molecule is NC(=O)N(O)Cc1nc(-c2ccc(S(N)(=O)=O)cc2)c(-c2ccccc2)o1. The van der Waals surface area contributed by atoms with E-state index < -0.39 is 16.1 Å². The average molecular weight is 388 g/mol. The molecule has 5 N–H and O–H groups in total. The number of hydrogen-bond donors (Lipinski definition) is 3. The van der Waals surface area contributed by atoms with E-state index in [1.54, 1.807) is 24.3 Å². The van der Waals surface area contributed by atoms with Crippen molar-refractivity contribution < 1.29 is 22.8 Å². The molecule has 0 aliphatic carbocycles. The number of rotatable bonds is 5. The number of amides is 2. The van der Waals surface area contributed by atoms with E-state index in [1.807, 2.05) is 18.2 Å². The van der Waals surface area contributed by atoms with Crippen molar-refractivity contribution in [2.45, 2.75) is 11.4 Å². The second-order valence-electron chi connectivity index (χ2n) is 5.62. The van der Waals surface area contributed by atoms with Gasteiger partial charge in [0.05, 0.1) is 4.90 Å². The van der Waals surface area contributed by atoms with E-state index in [1.165, 1.54) is 12.1 Å². The van der Waals surface area contributed by atoms with Gasteiger partial charge in [-0.3, -0.25) is 5.21 Å². The molecule has 0 saturated carbocycles. The van der Waals surface area contributed by atoms with Gasteiger partial charge in [-0.1, -0.05) is 42.5 Å². The predicted molar refractivity (Wildman–Crippen MR) is 95.7 cm³/mol. The van der Waals surface area contributed by atoms with E-state index in [0.717, 1.165) is 0 Å². The first-order valence-corrected chi connectivity index (χ1v) is 9.24. The maximum Gasteiger partial charge on any atom is 0.339 e. The van der Waals surface area contributed by atoms with E-state index in [2.05, 4.69) is 4.98 Å². The van der Waals surface area contributed by atoms with E-state index >= 15 is 0 Å². The number of aromatic nitrogens is 1. The maximum atomic E-state index is 11.4. The fourth-order valence-electron chi connectivity index (χ4n) is 2.42. The lowest BCUT2D eigenvalue weighted by atomic mass is 10.1. The summed E-state index contributed by atoms with van der Waals surface area (Å²) in [4.78, 5) is 15.3. The van der Waals surface area contributed by atoms with Crippen molar-refractivity contribution in [3.05, 3.63) is 60.5 Å². The molecule has 9 nitrogen and oxygen atoms in total. The number of oxazole rings is 1. The van der Waals surface area contributed by atoms with E-state index in [-0.39, 0.29) is 22.4 Å². The summed E-state index contributed by atoms with van der Waals surface area (Å²) in [5.74, 6) is 0.451. The molecule has 140 valence electrons. The molecule has 0 unspecified atom stereocenters. The number of urea groups is 1. The number of primary sulfonamides is 1. The van der Waals surface area contributed by atoms with Crippen LogP contribution in [0.5, 0.6) is 0 Å². The van der Waals surface area contributed by atoms with Crippen molar-refractivity contribution in [1.29, 1.82) is 0 Å². The Kier molecular flexibility index (Phi) is 4.95. The highest BCUT2D eigenvalue weighted by Gasteiger charge is 2.20. The van der Waals surface area contributed by atoms with Crippen LogP contribution in [0.25, 0.3) is 22.6 Å². The summed E-state index contributed by atoms with van der Waals surface area (Å²) >= 11 is 0. The monoisotopic (exact) mass is 388 g/mol. The molecule has 1 heterocycles. The van der Waals surface area contributed by atoms with E-state index in [4.69, 9.17) is 15.3 Å². The van der Waals surface area contributed by atoms with Gasteiger partial charge in [-0.25, -0.2) is 23.3 Å². The third-order valence-electron chi connectivity index (χ3n) is 3.70. The number of carbonyl (C=O) groups excluding carboxylic acids is 1. The van der Waals surface area contributed by atoms with Crippen LogP contribution in [-0.4, -0.2) is 29.7 Å². The van der Waals surface area contributed by atoms with Gasteiger partial charge in [0.1, 0.15) is 12.2 Å². The van der Waals surface area contributed by atoms with Crippen molar-refractivity contribution in [1.82, 2.24) is 10.0 Å². The predicted octanol–water partition coefficient (Wildman–Crippen LogP) is 1.93. The molecule has 2 amide bonds. The largest absolute Gasteiger partial charge is 0.438 e. The van der Waals surface area contributed by atoms with Crippen LogP contribution < -0.4 is 10.9 Å². The Hall–Kier alpha value is -3.21. The molecule has 27 heavy (non-hydrogen) atoms. The topological polar surface area (TPSA) is 153 Å². The molecule has 0 spiro atoms. The molecule has 3 aromatic rings. The summed E-state index contributed by atoms with van der Waals surface area (Å²) in [7, 11) is -3.82. The first-order valence-electron chi connectivity index (χ1n) is 7.70. The normalized spacial score (nSPS) is 11.3. The number of hydrogen-bond acceptors (Lipinski definition) is 6. The van der Waals surface area contributed by atoms with Crippen molar-refractivity contribution in [2.75, 3.05) is 0 Å². The Bertz CT molecular complexity index is 1060. The lowest BCUT2D eigenvalue weighted by Crippen LogP contribution is -2.32. The van der Waals surface area contributed by atoms with Crippen LogP contribution in [0.15, 0.2) is 63.9 Å². The van der Waals surface area contributed by atoms with Crippen LogP contribution in [-0.2, 0) is 16.6 Å². The highest BCUT2D eigenvalue weighted by molar-refractivity contribution is 7.89. The van der Waals surface area contributed by atoms with Crippen molar-refractivity contribution >= 4 is 16.1 Å². The smallest absolute Gasteiger partial charge is 0.339 e. The molecule has 10 heteroatoms. The minimum atomic E-state index is -3.82. The minimum absolute atomic E-state index is 0.0357. The van der Waals surface area contributed by atoms with E-state index in [0.29, 0.717) is 22.6 Å². The van der Waals surface area contributed by atoms with Crippen LogP contribution >= 0.6 is 0 Å². The summed E-state index contributed by atoms with van der Waals surface area (Å²) in [6, 6.07) is 13.8. The molecule has 0 atom stereocenters. The van der Waals surface area contributed by atoms with Gasteiger partial charge in [0, 0.05) is 11.1 Å². The van der Waals surface area contributed by atoms with Crippen molar-refractivity contribution in [3.8, 4) is 22.6 Å². The van der Waals surface area contributed by atoms with Gasteiger partial charge < -0.3 is 10.2 Å². The fourth-order valence-corrected chi connectivity index (χ4v) is 2.94. The molecule has 0 aliphatic heterocycles. The third-order valence-corrected chi connectivity index (χ3v) is 4.63. The Morgan fingerprint density at radius 3 is 2.26 bits per heavy atom. The second kappa shape index (κ2) is 7.19. The summed E-state index contributed by atoms with van der Waals surface area (Å²) in [5.41, 5.74) is 6.70. The molecule has 0 aliphatic rings. The van der Waals surface area contributed by atoms with Crippen LogP contribution in [0.4, 0.5) is 4.79 Å². The molecule has 2 aromatic carbocycles. The highest BCUT2D eigenvalue weighted by atomic mass is 32.2. The van der Waals surface area contributed by atoms with Gasteiger partial charge >= 0.3 is 6.03 Å². The fraction of sp³-hybridized carbons (Fsp3) is 0.0588. The second-order valence-corrected chi connectivity index (χ2v) is 7.18. The molecule has 1 aromatic heterocycles. The van der Waals surface area contributed by atoms with Crippen molar-refractivity contribution in [2.24, 2.45) is 10.9 Å². The van der Waals surface area contributed by atoms with Gasteiger partial charge in [-0.2, -0.15) is 5.06 Å². The van der Waals surface area contributed by atoms with Gasteiger partial charge in [0.25, 0.3) is 0 Å². The Morgan fingerprint density at radius 2 is 1.70 bits per heavy atom. The van der Waals surface area contributed by atoms with Gasteiger partial charge in [-0.05, 0) is 12.1 Å². The highest BCUT2D eigenvalue weighted by Crippen LogP contribution is 2.33. The van der Waals surface area contributed by atoms with Crippen LogP contribution in [0.3, 0.4) is 0 Å². The number of sulfonamides is 1. The maximum absolute atomic E-state index is 11.4. The van der Waals surface area contributed by atoms with Gasteiger partial charge in [-0.15, -0.1) is 0 Å². The lowest BCUT2D eigenvalue weighted by molar-refractivity contribution is -0.0523. The van der Waals surface area contributed by atoms with Gasteiger partial charge in [0.15, 0.2) is 5.76 Å². The first kappa shape index (κ1) is 18.6. The van der Waals surface area contributed by atoms with Crippen LogP contribution in [0.1, 0.15) is 5.89 Å². The number of hydroxylamine groups is 2. The molecule has 3 rings (SSSR count). The Balaban J connectivity index is 2.07. The summed E-state index contributed by atoms with van der Waals surface area (Å²) in [6.07, 6.45) is 0. The van der Waals surface area contributed by atoms with Crippen molar-refractivity contribution in [3.63, 3.8) is 0 Å². The number of primary amides is 1. The zero-order valence-corrected chi connectivity index (χ0v) is 14.8. The zero-order chi connectivity index (χ0) is 19.6. The molecule has 0 radical (unpaired) electrons. The third kappa shape index (κ3) is 4.14. The minimum Gasteiger partial charge on any atom is -0.438 e. The number of nitrogens with two attached hydrogens (primary N) is 2. The van der Waals surface area contributed by atoms with Crippen LogP contribution in [0.2, 0.25) is 0 Å². The van der Waals surface area contributed by atoms with Gasteiger partial charge in [0.2, 0.25) is 15.9 Å². The lowest BCUT2D eigenvalue weighted by Gasteiger charge is -2.07. The summed E-state index contributed by atoms with van der Waals surface area (Å²) in [6.45, 7) is -0.343. The molecule has 0 saturated heterocycles. The molecular weight excluding hydrogens is 372 g/mol. The Morgan fingerprint density at radius 1 is 1.07 bits per heavy atom. The number of carbonyl (C=O) groups is 1. The Labute approximate surface area is 154 Å². The molecule has 0 bridgehead atoms. The summed E-state index contributed by atoms with van der Waals surface area (Å²) in [5, 5.41) is 14.9. The van der Waals surface area contributed by atoms with E-state index in [9.17, 15) is 18.4 Å². The standard InChI is InChI=1S/C17H16N4O5S/c18-17(22)21(23)10-14-20-15(16(26-14)12-4-2-1-3-5-12)11-6-8-13(9-7-11)27(19,24)25/h1-9,23H,10H2,(H2,18,22)(H2,19,24,25). The quantitative estimate of drug-likeness (QED) is 0.448. The first-order chi connectivity index (χ1) is 12.8. The zero-order valence-electron chi connectivity index (χ0n) is 13.9. The van der Waals surface area contributed by atoms with Crippen LogP contribution in [0, 0.1) is 0 Å². The number of nitrogens with zero attached hydrogens (tertiary/aromatic N) is 2. The molecule has 0 fully saturated rings.